The van der Waals surface area contributed by atoms with Crippen LogP contribution in [-0.2, 0) is 24.9 Å². The van der Waals surface area contributed by atoms with Gasteiger partial charge in [0.25, 0.3) is 0 Å². The predicted molar refractivity (Wildman–Crippen MR) is 118 cm³/mol. The Bertz CT molecular complexity index is 1160. The van der Waals surface area contributed by atoms with Crippen LogP contribution in [0.25, 0.3) is 0 Å². The van der Waals surface area contributed by atoms with E-state index in [-0.39, 0.29) is 31.8 Å². The van der Waals surface area contributed by atoms with Crippen LogP contribution in [0.3, 0.4) is 0 Å². The number of hydrogen-bond donors (Lipinski definition) is 1. The fourth-order valence-corrected chi connectivity index (χ4v) is 5.85. The molecule has 0 spiro atoms. The van der Waals surface area contributed by atoms with Gasteiger partial charge in [0.2, 0.25) is 11.7 Å². The Kier molecular flexibility index (Phi) is 5.67. The minimum atomic E-state index is -4.63. The van der Waals surface area contributed by atoms with Crippen LogP contribution >= 0.6 is 0 Å². The molecule has 0 unspecified atom stereocenters. The number of rotatable bonds is 5. The molecule has 8 heteroatoms. The van der Waals surface area contributed by atoms with E-state index in [2.05, 4.69) is 10.1 Å². The van der Waals surface area contributed by atoms with E-state index >= 15 is 0 Å². The third kappa shape index (κ3) is 4.08. The molecule has 0 saturated heterocycles. The fraction of sp³-hybridized carbons (Fsp3) is 0.462. The molecule has 1 N–H and O–H groups in total. The maximum absolute atomic E-state index is 13.7. The second kappa shape index (κ2) is 8.41. The topological polar surface area (TPSA) is 68.4 Å². The Morgan fingerprint density at radius 3 is 2.65 bits per heavy atom. The summed E-state index contributed by atoms with van der Waals surface area (Å²) in [5.74, 6) is 1.32. The first kappa shape index (κ1) is 22.9. The van der Waals surface area contributed by atoms with Gasteiger partial charge in [-0.1, -0.05) is 41.6 Å². The summed E-state index contributed by atoms with van der Waals surface area (Å²) in [5.41, 5.74) is 0.160. The highest BCUT2D eigenvalue weighted by molar-refractivity contribution is 5.45. The second-order valence-electron chi connectivity index (χ2n) is 9.62. The number of aromatic nitrogens is 2. The third-order valence-corrected chi connectivity index (χ3v) is 7.55. The zero-order valence-electron chi connectivity index (χ0n) is 18.9. The van der Waals surface area contributed by atoms with Gasteiger partial charge in [-0.25, -0.2) is 0 Å². The number of benzene rings is 2. The first-order valence-corrected chi connectivity index (χ1v) is 11.6. The molecule has 180 valence electrons. The average molecular weight is 473 g/mol. The van der Waals surface area contributed by atoms with Crippen molar-refractivity contribution in [3.05, 3.63) is 76.9 Å². The van der Waals surface area contributed by atoms with Crippen LogP contribution < -0.4 is 4.74 Å². The van der Waals surface area contributed by atoms with E-state index in [0.29, 0.717) is 36.7 Å². The van der Waals surface area contributed by atoms with Crippen molar-refractivity contribution in [1.29, 1.82) is 0 Å². The van der Waals surface area contributed by atoms with Crippen LogP contribution in [0.1, 0.15) is 54.1 Å². The minimum absolute atomic E-state index is 0.173. The van der Waals surface area contributed by atoms with Crippen LogP contribution in [0.15, 0.2) is 53.1 Å². The Balaban J connectivity index is 1.47. The van der Waals surface area contributed by atoms with Gasteiger partial charge >= 0.3 is 6.18 Å². The number of ether oxygens (including phenoxy) is 1. The Labute approximate surface area is 196 Å². The molecular weight excluding hydrogens is 445 g/mol. The lowest BCUT2D eigenvalue weighted by atomic mass is 9.52. The quantitative estimate of drug-likeness (QED) is 0.533. The molecular formula is C26H27F3N2O3. The lowest BCUT2D eigenvalue weighted by Gasteiger charge is -2.53. The normalized spacial score (nSPS) is 26.6. The summed E-state index contributed by atoms with van der Waals surface area (Å²) in [4.78, 5) is 4.14. The summed E-state index contributed by atoms with van der Waals surface area (Å²) in [5, 5.41) is 14.4. The molecule has 3 aromatic rings. The highest BCUT2D eigenvalue weighted by Gasteiger charge is 2.61. The average Bonchev–Trinajstić information content (AvgIpc) is 3.23. The van der Waals surface area contributed by atoms with Crippen molar-refractivity contribution in [2.45, 2.75) is 69.2 Å². The van der Waals surface area contributed by atoms with Crippen LogP contribution in [0, 0.1) is 12.8 Å². The van der Waals surface area contributed by atoms with E-state index in [1.807, 2.05) is 48.5 Å². The van der Waals surface area contributed by atoms with Gasteiger partial charge < -0.3 is 14.4 Å². The van der Waals surface area contributed by atoms with Crippen LogP contribution in [0.5, 0.6) is 5.75 Å². The minimum Gasteiger partial charge on any atom is -0.485 e. The zero-order valence-corrected chi connectivity index (χ0v) is 18.9. The van der Waals surface area contributed by atoms with Gasteiger partial charge in [0.15, 0.2) is 12.2 Å². The molecule has 0 radical (unpaired) electrons. The molecule has 1 heterocycles. The summed E-state index contributed by atoms with van der Waals surface area (Å²) in [6.07, 6.45) is -3.04. The van der Waals surface area contributed by atoms with Crippen molar-refractivity contribution < 1.29 is 27.5 Å². The summed E-state index contributed by atoms with van der Waals surface area (Å²) in [7, 11) is 0. The standard InChI is InChI=1S/C26H27F3N2O3/c1-17-30-23(31-34-17)16-33-21-9-10-22-19(13-21)7-8-20-15-25(32,26(27,28)29)12-11-24(20,22)14-18-5-3-2-4-6-18/h2-6,9-10,13,20,32H,7-8,11-12,14-16H2,1H3/t20-,24+,25-/m1/s1. The predicted octanol–water partition coefficient (Wildman–Crippen LogP) is 5.48. The van der Waals surface area contributed by atoms with Gasteiger partial charge in [-0.3, -0.25) is 0 Å². The van der Waals surface area contributed by atoms with E-state index in [0.717, 1.165) is 16.7 Å². The molecule has 1 aromatic heterocycles. The number of aliphatic hydroxyl groups is 1. The largest absolute Gasteiger partial charge is 0.485 e. The molecule has 0 amide bonds. The van der Waals surface area contributed by atoms with E-state index in [9.17, 15) is 18.3 Å². The number of hydrogen-bond acceptors (Lipinski definition) is 5. The zero-order chi connectivity index (χ0) is 24.0. The highest BCUT2D eigenvalue weighted by atomic mass is 19.4. The summed E-state index contributed by atoms with van der Waals surface area (Å²) in [6, 6.07) is 15.7. The first-order chi connectivity index (χ1) is 16.2. The molecule has 5 rings (SSSR count). The summed E-state index contributed by atoms with van der Waals surface area (Å²) in [6.45, 7) is 1.88. The second-order valence-corrected chi connectivity index (χ2v) is 9.62. The molecule has 1 saturated carbocycles. The number of fused-ring (bicyclic) bond motifs is 3. The molecule has 0 bridgehead atoms. The van der Waals surface area contributed by atoms with Crippen molar-refractivity contribution in [2.24, 2.45) is 5.92 Å². The third-order valence-electron chi connectivity index (χ3n) is 7.55. The van der Waals surface area contributed by atoms with Gasteiger partial charge in [0.05, 0.1) is 0 Å². The number of halogens is 3. The molecule has 2 aliphatic rings. The van der Waals surface area contributed by atoms with E-state index in [1.165, 1.54) is 0 Å². The molecule has 34 heavy (non-hydrogen) atoms. The van der Waals surface area contributed by atoms with Gasteiger partial charge in [-0.2, -0.15) is 18.2 Å². The Morgan fingerprint density at radius 1 is 1.15 bits per heavy atom. The molecule has 3 atom stereocenters. The molecule has 5 nitrogen and oxygen atoms in total. The maximum Gasteiger partial charge on any atom is 0.417 e. The smallest absolute Gasteiger partial charge is 0.417 e. The van der Waals surface area contributed by atoms with Crippen molar-refractivity contribution in [2.75, 3.05) is 0 Å². The van der Waals surface area contributed by atoms with Crippen LogP contribution in [-0.4, -0.2) is 27.0 Å². The molecule has 1 fully saturated rings. The monoisotopic (exact) mass is 472 g/mol. The van der Waals surface area contributed by atoms with Crippen molar-refractivity contribution in [3.8, 4) is 5.75 Å². The van der Waals surface area contributed by atoms with Gasteiger partial charge in [0.1, 0.15) is 5.75 Å². The highest BCUT2D eigenvalue weighted by Crippen LogP contribution is 2.57. The maximum atomic E-state index is 13.7. The van der Waals surface area contributed by atoms with Gasteiger partial charge in [-0.15, -0.1) is 0 Å². The van der Waals surface area contributed by atoms with E-state index < -0.39 is 17.2 Å². The van der Waals surface area contributed by atoms with Crippen molar-refractivity contribution in [3.63, 3.8) is 0 Å². The van der Waals surface area contributed by atoms with Crippen LogP contribution in [0.2, 0.25) is 0 Å². The lowest BCUT2D eigenvalue weighted by molar-refractivity contribution is -0.279. The van der Waals surface area contributed by atoms with E-state index in [1.54, 1.807) is 6.92 Å². The van der Waals surface area contributed by atoms with Crippen molar-refractivity contribution in [1.82, 2.24) is 10.1 Å². The SMILES string of the molecule is Cc1nc(COc2ccc3c(c2)CC[C@@H]2C[C@@](O)(C(F)(F)F)CC[C@@]32Cc2ccccc2)no1. The van der Waals surface area contributed by atoms with E-state index in [4.69, 9.17) is 9.26 Å². The van der Waals surface area contributed by atoms with Gasteiger partial charge in [-0.05, 0) is 73.3 Å². The molecule has 0 aliphatic heterocycles. The molecule has 2 aromatic carbocycles. The Hall–Kier alpha value is -2.87. The summed E-state index contributed by atoms with van der Waals surface area (Å²) < 4.78 is 52.0. The van der Waals surface area contributed by atoms with Crippen molar-refractivity contribution >= 4 is 0 Å². The number of aryl methyl sites for hydroxylation is 2. The summed E-state index contributed by atoms with van der Waals surface area (Å²) >= 11 is 0. The fourth-order valence-electron chi connectivity index (χ4n) is 5.85. The van der Waals surface area contributed by atoms with Crippen LogP contribution in [0.4, 0.5) is 13.2 Å². The number of alkyl halides is 3. The first-order valence-electron chi connectivity index (χ1n) is 11.6. The van der Waals surface area contributed by atoms with Gasteiger partial charge in [0, 0.05) is 12.3 Å². The molecule has 2 aliphatic carbocycles. The Morgan fingerprint density at radius 2 is 1.94 bits per heavy atom. The lowest BCUT2D eigenvalue weighted by Crippen LogP contribution is -2.56. The number of nitrogens with zero attached hydrogens (tertiary/aromatic N) is 2.